The highest BCUT2D eigenvalue weighted by molar-refractivity contribution is 6.31. The van der Waals surface area contributed by atoms with Gasteiger partial charge in [-0.05, 0) is 92.4 Å². The average molecular weight is 507 g/mol. The van der Waals surface area contributed by atoms with Crippen LogP contribution in [0.5, 0.6) is 0 Å². The summed E-state index contributed by atoms with van der Waals surface area (Å²) in [6.45, 7) is 4.50. The molecule has 0 radical (unpaired) electrons. The second-order valence-corrected chi connectivity index (χ2v) is 10.7. The van der Waals surface area contributed by atoms with E-state index < -0.39 is 5.41 Å². The average Bonchev–Trinajstić information content (AvgIpc) is 3.25. The van der Waals surface area contributed by atoms with Crippen molar-refractivity contribution in [2.24, 2.45) is 0 Å². The normalized spacial score (nSPS) is 13.3. The van der Waals surface area contributed by atoms with E-state index >= 15 is 0 Å². The predicted molar refractivity (Wildman–Crippen MR) is 161 cm³/mol. The summed E-state index contributed by atoms with van der Waals surface area (Å²) in [5.74, 6) is 0. The summed E-state index contributed by atoms with van der Waals surface area (Å²) in [5, 5.41) is 3.22. The molecule has 182 valence electrons. The number of hydrogen-bond acceptors (Lipinski definition) is 0. The molecule has 1 heteroatoms. The van der Waals surface area contributed by atoms with E-state index in [0.717, 1.165) is 5.02 Å². The van der Waals surface area contributed by atoms with Crippen molar-refractivity contribution in [1.29, 1.82) is 0 Å². The number of rotatable bonds is 3. The quantitative estimate of drug-likeness (QED) is 0.223. The Bertz CT molecular complexity index is 1810. The van der Waals surface area contributed by atoms with Crippen molar-refractivity contribution in [3.05, 3.63) is 166 Å². The number of hydrogen-bond donors (Lipinski definition) is 0. The van der Waals surface area contributed by atoms with Crippen LogP contribution in [0.3, 0.4) is 0 Å². The van der Waals surface area contributed by atoms with Crippen molar-refractivity contribution >= 4 is 22.4 Å². The van der Waals surface area contributed by atoms with Crippen molar-refractivity contribution in [3.8, 4) is 22.3 Å². The molecular weight excluding hydrogens is 480 g/mol. The first-order valence-electron chi connectivity index (χ1n) is 13.1. The maximum atomic E-state index is 7.04. The summed E-state index contributed by atoms with van der Waals surface area (Å²) in [6, 6.07) is 46.1. The third-order valence-corrected chi connectivity index (χ3v) is 8.58. The lowest BCUT2D eigenvalue weighted by atomic mass is 9.65. The van der Waals surface area contributed by atoms with E-state index in [2.05, 4.69) is 141 Å². The fourth-order valence-electron chi connectivity index (χ4n) is 6.76. The monoisotopic (exact) mass is 506 g/mol. The van der Waals surface area contributed by atoms with Crippen LogP contribution in [0, 0.1) is 13.8 Å². The molecule has 0 amide bonds. The Morgan fingerprint density at radius 2 is 1.03 bits per heavy atom. The molecular formula is C37H27Cl. The van der Waals surface area contributed by atoms with Crippen LogP contribution in [0.25, 0.3) is 33.0 Å². The van der Waals surface area contributed by atoms with E-state index in [0.29, 0.717) is 0 Å². The lowest BCUT2D eigenvalue weighted by Crippen LogP contribution is -2.30. The molecule has 38 heavy (non-hydrogen) atoms. The Morgan fingerprint density at radius 3 is 1.74 bits per heavy atom. The highest BCUT2D eigenvalue weighted by atomic mass is 35.5. The fraction of sp³-hybridized carbons (Fsp3) is 0.0811. The summed E-state index contributed by atoms with van der Waals surface area (Å²) in [5.41, 5.74) is 12.2. The van der Waals surface area contributed by atoms with Crippen LogP contribution >= 0.6 is 11.6 Å². The molecule has 1 aliphatic carbocycles. The van der Waals surface area contributed by atoms with Crippen LogP contribution < -0.4 is 0 Å². The number of halogens is 1. The Balaban J connectivity index is 1.65. The summed E-state index contributed by atoms with van der Waals surface area (Å²) in [6.07, 6.45) is 0. The van der Waals surface area contributed by atoms with Crippen LogP contribution in [0.15, 0.2) is 127 Å². The van der Waals surface area contributed by atoms with Crippen LogP contribution in [-0.4, -0.2) is 0 Å². The third-order valence-electron chi connectivity index (χ3n) is 8.36. The maximum Gasteiger partial charge on any atom is 0.0719 e. The van der Waals surface area contributed by atoms with Gasteiger partial charge in [-0.1, -0.05) is 127 Å². The minimum Gasteiger partial charge on any atom is -0.0843 e. The van der Waals surface area contributed by atoms with E-state index in [1.165, 1.54) is 66.4 Å². The molecule has 6 aromatic carbocycles. The fourth-order valence-corrected chi connectivity index (χ4v) is 6.98. The maximum absolute atomic E-state index is 7.04. The minimum atomic E-state index is -0.479. The highest BCUT2D eigenvalue weighted by Gasteiger charge is 2.47. The lowest BCUT2D eigenvalue weighted by Gasteiger charge is -2.37. The summed E-state index contributed by atoms with van der Waals surface area (Å²) < 4.78 is 0. The Morgan fingerprint density at radius 1 is 0.474 bits per heavy atom. The summed E-state index contributed by atoms with van der Waals surface area (Å²) in [4.78, 5) is 0. The van der Waals surface area contributed by atoms with Crippen molar-refractivity contribution in [2.45, 2.75) is 19.3 Å². The lowest BCUT2D eigenvalue weighted by molar-refractivity contribution is 0.754. The van der Waals surface area contributed by atoms with Gasteiger partial charge in [0.2, 0.25) is 0 Å². The first-order chi connectivity index (χ1) is 18.6. The zero-order valence-corrected chi connectivity index (χ0v) is 22.3. The molecule has 1 aliphatic rings. The molecule has 6 aromatic rings. The van der Waals surface area contributed by atoms with E-state index in [9.17, 15) is 0 Å². The molecule has 0 unspecified atom stereocenters. The van der Waals surface area contributed by atoms with Gasteiger partial charge in [0.25, 0.3) is 0 Å². The molecule has 0 bridgehead atoms. The van der Waals surface area contributed by atoms with Crippen molar-refractivity contribution < 1.29 is 0 Å². The minimum absolute atomic E-state index is 0.479. The van der Waals surface area contributed by atoms with E-state index in [4.69, 9.17) is 11.6 Å². The summed E-state index contributed by atoms with van der Waals surface area (Å²) >= 11 is 7.04. The molecule has 0 N–H and O–H groups in total. The zero-order valence-electron chi connectivity index (χ0n) is 21.5. The molecule has 0 saturated carbocycles. The van der Waals surface area contributed by atoms with E-state index in [1.807, 2.05) is 0 Å². The first kappa shape index (κ1) is 23.0. The van der Waals surface area contributed by atoms with E-state index in [1.54, 1.807) is 0 Å². The van der Waals surface area contributed by atoms with Crippen LogP contribution in [0.2, 0.25) is 5.02 Å². The van der Waals surface area contributed by atoms with E-state index in [-0.39, 0.29) is 0 Å². The number of fused-ring (bicyclic) bond motifs is 4. The smallest absolute Gasteiger partial charge is 0.0719 e. The molecule has 0 fully saturated rings. The topological polar surface area (TPSA) is 0 Å². The second-order valence-electron chi connectivity index (χ2n) is 10.3. The summed E-state index contributed by atoms with van der Waals surface area (Å²) in [7, 11) is 0. The molecule has 0 nitrogen and oxygen atoms in total. The molecule has 0 aromatic heterocycles. The van der Waals surface area contributed by atoms with Crippen LogP contribution in [-0.2, 0) is 5.41 Å². The van der Waals surface area contributed by atoms with Gasteiger partial charge >= 0.3 is 0 Å². The largest absolute Gasteiger partial charge is 0.0843 e. The van der Waals surface area contributed by atoms with Gasteiger partial charge in [-0.25, -0.2) is 0 Å². The molecule has 0 saturated heterocycles. The van der Waals surface area contributed by atoms with Crippen molar-refractivity contribution in [1.82, 2.24) is 0 Å². The molecule has 0 atom stereocenters. The predicted octanol–water partition coefficient (Wildman–Crippen LogP) is 10.1. The second kappa shape index (κ2) is 8.72. The zero-order chi connectivity index (χ0) is 25.9. The van der Waals surface area contributed by atoms with Gasteiger partial charge in [-0.15, -0.1) is 0 Å². The van der Waals surface area contributed by atoms with Gasteiger partial charge in [0.05, 0.1) is 5.41 Å². The Hall–Kier alpha value is -4.13. The van der Waals surface area contributed by atoms with Gasteiger partial charge in [-0.3, -0.25) is 0 Å². The van der Waals surface area contributed by atoms with Gasteiger partial charge < -0.3 is 0 Å². The van der Waals surface area contributed by atoms with Crippen molar-refractivity contribution in [2.75, 3.05) is 0 Å². The Kier molecular flexibility index (Phi) is 5.28. The molecule has 7 rings (SSSR count). The van der Waals surface area contributed by atoms with Gasteiger partial charge in [0, 0.05) is 5.02 Å². The van der Waals surface area contributed by atoms with Gasteiger partial charge in [0.15, 0.2) is 0 Å². The van der Waals surface area contributed by atoms with Crippen LogP contribution in [0.1, 0.15) is 33.4 Å². The number of benzene rings is 6. The Labute approximate surface area is 229 Å². The van der Waals surface area contributed by atoms with Gasteiger partial charge in [0.1, 0.15) is 0 Å². The SMILES string of the molecule is Cc1ccccc1C1(c2cc(Cl)cc(-c3cccc4ccccc34)c2C)c2ccccc2-c2ccccc21. The highest BCUT2D eigenvalue weighted by Crippen LogP contribution is 2.58. The van der Waals surface area contributed by atoms with Crippen molar-refractivity contribution in [3.63, 3.8) is 0 Å². The standard InChI is InChI=1S/C37H27Cl/c1-24-12-3-8-19-33(24)37(34-20-9-6-16-30(34)31-17-7-10-21-35(31)37)36-23-27(38)22-32(25(36)2)29-18-11-14-26-13-4-5-15-28(26)29/h3-23H,1-2H3. The third kappa shape index (κ3) is 3.17. The van der Waals surface area contributed by atoms with Crippen LogP contribution in [0.4, 0.5) is 0 Å². The molecule has 0 spiro atoms. The van der Waals surface area contributed by atoms with Gasteiger partial charge in [-0.2, -0.15) is 0 Å². The number of aryl methyl sites for hydroxylation is 1. The molecule has 0 aliphatic heterocycles. The first-order valence-corrected chi connectivity index (χ1v) is 13.5. The molecule has 0 heterocycles.